The largest absolute Gasteiger partial charge is 0.507 e. The van der Waals surface area contributed by atoms with Crippen LogP contribution in [-0.4, -0.2) is 22.8 Å². The quantitative estimate of drug-likeness (QED) is 0.542. The summed E-state index contributed by atoms with van der Waals surface area (Å²) in [4.78, 5) is 10.7. The first-order chi connectivity index (χ1) is 12.0. The lowest BCUT2D eigenvalue weighted by Gasteiger charge is -2.14. The molecule has 0 bridgehead atoms. The first kappa shape index (κ1) is 18.3. The summed E-state index contributed by atoms with van der Waals surface area (Å²) in [6.45, 7) is 6.36. The molecule has 130 valence electrons. The van der Waals surface area contributed by atoms with E-state index in [9.17, 15) is 9.90 Å². The third-order valence-electron chi connectivity index (χ3n) is 3.61. The van der Waals surface area contributed by atoms with Crippen LogP contribution < -0.4 is 4.74 Å². The number of allylic oxidation sites excluding steroid dienone is 1. The van der Waals surface area contributed by atoms with Gasteiger partial charge >= 0.3 is 5.97 Å². The van der Waals surface area contributed by atoms with Crippen molar-refractivity contribution in [3.63, 3.8) is 0 Å². The van der Waals surface area contributed by atoms with Crippen molar-refractivity contribution < 1.29 is 19.7 Å². The summed E-state index contributed by atoms with van der Waals surface area (Å²) < 4.78 is 5.82. The fourth-order valence-corrected chi connectivity index (χ4v) is 2.46. The molecule has 0 saturated heterocycles. The van der Waals surface area contributed by atoms with Gasteiger partial charge in [0.2, 0.25) is 0 Å². The van der Waals surface area contributed by atoms with Crippen LogP contribution in [0.1, 0.15) is 24.5 Å². The predicted molar refractivity (Wildman–Crippen MR) is 99.9 cm³/mol. The maximum Gasteiger partial charge on any atom is 0.328 e. The van der Waals surface area contributed by atoms with Gasteiger partial charge in [-0.1, -0.05) is 25.1 Å². The number of aromatic hydroxyl groups is 1. The summed E-state index contributed by atoms with van der Waals surface area (Å²) in [7, 11) is 0. The molecule has 2 N–H and O–H groups in total. The van der Waals surface area contributed by atoms with Gasteiger partial charge in [-0.05, 0) is 54.3 Å². The van der Waals surface area contributed by atoms with E-state index in [-0.39, 0.29) is 5.75 Å². The molecule has 4 nitrogen and oxygen atoms in total. The van der Waals surface area contributed by atoms with Crippen LogP contribution in [0, 0.1) is 0 Å². The van der Waals surface area contributed by atoms with Gasteiger partial charge in [0.05, 0.1) is 6.61 Å². The Morgan fingerprint density at radius 1 is 1.20 bits per heavy atom. The molecule has 0 heterocycles. The number of hydrogen-bond acceptors (Lipinski definition) is 3. The van der Waals surface area contributed by atoms with Crippen LogP contribution in [0.25, 0.3) is 17.2 Å². The number of carbonyl (C=O) groups is 1. The Balaban J connectivity index is 2.53. The highest BCUT2D eigenvalue weighted by Crippen LogP contribution is 2.37. The van der Waals surface area contributed by atoms with Gasteiger partial charge in [-0.2, -0.15) is 0 Å². The molecule has 0 spiro atoms. The minimum atomic E-state index is -1.02. The van der Waals surface area contributed by atoms with Crippen molar-refractivity contribution in [2.45, 2.75) is 19.8 Å². The fourth-order valence-electron chi connectivity index (χ4n) is 2.46. The number of carboxylic acids is 1. The van der Waals surface area contributed by atoms with E-state index >= 15 is 0 Å². The highest BCUT2D eigenvalue weighted by Gasteiger charge is 2.12. The Hall–Kier alpha value is -3.01. The number of phenols is 1. The molecule has 0 radical (unpaired) electrons. The Labute approximate surface area is 147 Å². The minimum Gasteiger partial charge on any atom is -0.507 e. The maximum atomic E-state index is 10.7. The summed E-state index contributed by atoms with van der Waals surface area (Å²) in [5.41, 5.74) is 3.12. The number of phenolic OH excluding ortho intramolecular Hbond substituents is 1. The number of hydrogen-bond donors (Lipinski definition) is 2. The van der Waals surface area contributed by atoms with Crippen LogP contribution in [0.5, 0.6) is 11.5 Å². The van der Waals surface area contributed by atoms with Gasteiger partial charge in [-0.3, -0.25) is 0 Å². The van der Waals surface area contributed by atoms with E-state index in [0.717, 1.165) is 23.6 Å². The van der Waals surface area contributed by atoms with E-state index in [1.54, 1.807) is 18.2 Å². The molecule has 0 unspecified atom stereocenters. The lowest BCUT2D eigenvalue weighted by molar-refractivity contribution is -0.131. The average Bonchev–Trinajstić information content (AvgIpc) is 2.60. The second-order valence-corrected chi connectivity index (χ2v) is 5.62. The molecule has 0 aliphatic carbocycles. The molecule has 0 aromatic heterocycles. The van der Waals surface area contributed by atoms with Gasteiger partial charge in [-0.25, -0.2) is 4.79 Å². The van der Waals surface area contributed by atoms with Crippen LogP contribution in [-0.2, 0) is 11.2 Å². The predicted octanol–water partition coefficient (Wildman–Crippen LogP) is 4.67. The third-order valence-corrected chi connectivity index (χ3v) is 3.61. The molecule has 0 fully saturated rings. The topological polar surface area (TPSA) is 66.8 Å². The van der Waals surface area contributed by atoms with Crippen molar-refractivity contribution in [2.24, 2.45) is 0 Å². The van der Waals surface area contributed by atoms with E-state index in [1.807, 2.05) is 31.2 Å². The molecule has 0 atom stereocenters. The molecule has 0 amide bonds. The average molecular weight is 338 g/mol. The van der Waals surface area contributed by atoms with Crippen LogP contribution >= 0.6 is 0 Å². The summed E-state index contributed by atoms with van der Waals surface area (Å²) in [5, 5.41) is 19.1. The number of carboxylic acid groups (broad SMARTS) is 1. The van der Waals surface area contributed by atoms with E-state index in [0.29, 0.717) is 29.9 Å². The van der Waals surface area contributed by atoms with Crippen LogP contribution in [0.15, 0.2) is 55.1 Å². The SMILES string of the molecule is C=CCc1ccc(OCCC)c(-c2cc(/C=C/C(=O)O)ccc2O)c1. The zero-order valence-corrected chi connectivity index (χ0v) is 14.2. The number of benzene rings is 2. The highest BCUT2D eigenvalue weighted by molar-refractivity contribution is 5.86. The van der Waals surface area contributed by atoms with Gasteiger partial charge in [0, 0.05) is 17.2 Å². The van der Waals surface area contributed by atoms with Crippen LogP contribution in [0.4, 0.5) is 0 Å². The number of aliphatic carboxylic acids is 1. The first-order valence-electron chi connectivity index (χ1n) is 8.16. The molecule has 0 aliphatic rings. The van der Waals surface area contributed by atoms with Gasteiger partial charge in [-0.15, -0.1) is 6.58 Å². The lowest BCUT2D eigenvalue weighted by Crippen LogP contribution is -1.98. The molecule has 2 rings (SSSR count). The third kappa shape index (κ3) is 4.98. The smallest absolute Gasteiger partial charge is 0.328 e. The fraction of sp³-hybridized carbons (Fsp3) is 0.190. The monoisotopic (exact) mass is 338 g/mol. The van der Waals surface area contributed by atoms with Gasteiger partial charge < -0.3 is 14.9 Å². The minimum absolute atomic E-state index is 0.115. The molecule has 4 heteroatoms. The van der Waals surface area contributed by atoms with Crippen molar-refractivity contribution in [2.75, 3.05) is 6.61 Å². The standard InChI is InChI=1S/C21H22O4/c1-3-5-15-7-10-20(25-12-4-2)18(14-15)17-13-16(6-9-19(17)22)8-11-21(23)24/h3,6-11,13-14,22H,1,4-5,12H2,2H3,(H,23,24)/b11-8+. The van der Waals surface area contributed by atoms with Crippen molar-refractivity contribution in [1.82, 2.24) is 0 Å². The summed E-state index contributed by atoms with van der Waals surface area (Å²) in [6, 6.07) is 10.8. The number of ether oxygens (including phenoxy) is 1. The summed E-state index contributed by atoms with van der Waals surface area (Å²) >= 11 is 0. The number of rotatable bonds is 8. The van der Waals surface area contributed by atoms with Crippen molar-refractivity contribution >= 4 is 12.0 Å². The zero-order chi connectivity index (χ0) is 18.2. The van der Waals surface area contributed by atoms with E-state index in [2.05, 4.69) is 6.58 Å². The molecule has 0 aliphatic heterocycles. The van der Waals surface area contributed by atoms with E-state index in [1.165, 1.54) is 6.08 Å². The molecule has 2 aromatic rings. The first-order valence-corrected chi connectivity index (χ1v) is 8.16. The maximum absolute atomic E-state index is 10.7. The van der Waals surface area contributed by atoms with E-state index < -0.39 is 5.97 Å². The Morgan fingerprint density at radius 3 is 2.68 bits per heavy atom. The second kappa shape index (κ2) is 8.73. The van der Waals surface area contributed by atoms with Crippen molar-refractivity contribution in [3.8, 4) is 22.6 Å². The lowest BCUT2D eigenvalue weighted by atomic mass is 9.98. The van der Waals surface area contributed by atoms with Gasteiger partial charge in [0.1, 0.15) is 11.5 Å². The zero-order valence-electron chi connectivity index (χ0n) is 14.2. The molecule has 25 heavy (non-hydrogen) atoms. The molecular formula is C21H22O4. The highest BCUT2D eigenvalue weighted by atomic mass is 16.5. The van der Waals surface area contributed by atoms with Crippen molar-refractivity contribution in [3.05, 3.63) is 66.3 Å². The summed E-state index contributed by atoms with van der Waals surface area (Å²) in [5.74, 6) is -0.219. The Morgan fingerprint density at radius 2 is 2.00 bits per heavy atom. The Bertz CT molecular complexity index is 790. The van der Waals surface area contributed by atoms with Gasteiger partial charge in [0.25, 0.3) is 0 Å². The van der Waals surface area contributed by atoms with Crippen LogP contribution in [0.3, 0.4) is 0 Å². The summed E-state index contributed by atoms with van der Waals surface area (Å²) in [6.07, 6.45) is 5.96. The molecular weight excluding hydrogens is 316 g/mol. The van der Waals surface area contributed by atoms with E-state index in [4.69, 9.17) is 9.84 Å². The van der Waals surface area contributed by atoms with Gasteiger partial charge in [0.15, 0.2) is 0 Å². The van der Waals surface area contributed by atoms with Crippen LogP contribution in [0.2, 0.25) is 0 Å². The second-order valence-electron chi connectivity index (χ2n) is 5.62. The van der Waals surface area contributed by atoms with Crippen molar-refractivity contribution in [1.29, 1.82) is 0 Å². The normalized spacial score (nSPS) is 10.8. The molecule has 2 aromatic carbocycles. The Kier molecular flexibility index (Phi) is 6.40. The molecule has 0 saturated carbocycles.